The molecule has 0 bridgehead atoms. The number of aliphatic hydroxyl groups is 1. The Morgan fingerprint density at radius 2 is 2.00 bits per heavy atom. The average molecular weight is 243 g/mol. The Hall–Kier alpha value is -0.120. The fraction of sp³-hybridized carbons (Fsp3) is 1.00. The molecule has 3 heteroatoms. The SMILES string of the molecule is CCCCCNCC(O)COC1CCCCC1. The number of nitrogens with one attached hydrogen (secondary N) is 1. The number of hydrogen-bond donors (Lipinski definition) is 2. The minimum absolute atomic E-state index is 0.349. The Kier molecular flexibility index (Phi) is 8.67. The lowest BCUT2D eigenvalue weighted by Gasteiger charge is -2.23. The van der Waals surface area contributed by atoms with Crippen molar-refractivity contribution in [2.45, 2.75) is 70.5 Å². The lowest BCUT2D eigenvalue weighted by Crippen LogP contribution is -2.33. The molecule has 1 aliphatic carbocycles. The van der Waals surface area contributed by atoms with Crippen molar-refractivity contribution in [2.75, 3.05) is 19.7 Å². The van der Waals surface area contributed by atoms with Gasteiger partial charge in [0, 0.05) is 6.54 Å². The minimum atomic E-state index is -0.349. The summed E-state index contributed by atoms with van der Waals surface area (Å²) in [5.41, 5.74) is 0. The molecule has 1 fully saturated rings. The highest BCUT2D eigenvalue weighted by Gasteiger charge is 2.15. The van der Waals surface area contributed by atoms with E-state index in [1.165, 1.54) is 51.4 Å². The third-order valence-electron chi connectivity index (χ3n) is 3.41. The summed E-state index contributed by atoms with van der Waals surface area (Å²) in [4.78, 5) is 0. The highest BCUT2D eigenvalue weighted by Crippen LogP contribution is 2.20. The smallest absolute Gasteiger partial charge is 0.0897 e. The van der Waals surface area contributed by atoms with Crippen LogP contribution < -0.4 is 5.32 Å². The number of aliphatic hydroxyl groups excluding tert-OH is 1. The fourth-order valence-electron chi connectivity index (χ4n) is 2.31. The highest BCUT2D eigenvalue weighted by molar-refractivity contribution is 4.67. The van der Waals surface area contributed by atoms with Crippen molar-refractivity contribution in [3.05, 3.63) is 0 Å². The van der Waals surface area contributed by atoms with Crippen LogP contribution in [0.25, 0.3) is 0 Å². The molecule has 0 saturated heterocycles. The summed E-state index contributed by atoms with van der Waals surface area (Å²) in [5.74, 6) is 0. The van der Waals surface area contributed by atoms with E-state index in [1.54, 1.807) is 0 Å². The van der Waals surface area contributed by atoms with Crippen LogP contribution in [0, 0.1) is 0 Å². The maximum absolute atomic E-state index is 9.75. The summed E-state index contributed by atoms with van der Waals surface area (Å²) >= 11 is 0. The lowest BCUT2D eigenvalue weighted by atomic mass is 9.98. The van der Waals surface area contributed by atoms with Gasteiger partial charge in [0.2, 0.25) is 0 Å². The van der Waals surface area contributed by atoms with Crippen LogP contribution in [0.2, 0.25) is 0 Å². The van der Waals surface area contributed by atoms with E-state index >= 15 is 0 Å². The molecular formula is C14H29NO2. The summed E-state index contributed by atoms with van der Waals surface area (Å²) in [6.45, 7) is 4.36. The predicted octanol–water partition coefficient (Wildman–Crippen LogP) is 2.48. The maximum Gasteiger partial charge on any atom is 0.0897 e. The van der Waals surface area contributed by atoms with Gasteiger partial charge in [0.15, 0.2) is 0 Å². The number of ether oxygens (including phenoxy) is 1. The summed E-state index contributed by atoms with van der Waals surface area (Å²) in [5, 5.41) is 13.0. The van der Waals surface area contributed by atoms with Crippen LogP contribution >= 0.6 is 0 Å². The molecule has 102 valence electrons. The molecule has 0 aliphatic heterocycles. The van der Waals surface area contributed by atoms with Crippen LogP contribution in [-0.4, -0.2) is 37.0 Å². The van der Waals surface area contributed by atoms with Crippen molar-refractivity contribution < 1.29 is 9.84 Å². The molecule has 0 spiro atoms. The van der Waals surface area contributed by atoms with Gasteiger partial charge in [0.25, 0.3) is 0 Å². The second kappa shape index (κ2) is 9.86. The fourth-order valence-corrected chi connectivity index (χ4v) is 2.31. The first-order valence-corrected chi connectivity index (χ1v) is 7.33. The number of unbranched alkanes of at least 4 members (excludes halogenated alkanes) is 2. The molecule has 1 saturated carbocycles. The van der Waals surface area contributed by atoms with E-state index < -0.39 is 0 Å². The van der Waals surface area contributed by atoms with E-state index in [4.69, 9.17) is 4.74 Å². The summed E-state index contributed by atoms with van der Waals surface area (Å²) in [6.07, 6.45) is 10.0. The van der Waals surface area contributed by atoms with Crippen molar-refractivity contribution in [2.24, 2.45) is 0 Å². The summed E-state index contributed by atoms with van der Waals surface area (Å²) in [7, 11) is 0. The minimum Gasteiger partial charge on any atom is -0.389 e. The summed E-state index contributed by atoms with van der Waals surface area (Å²) < 4.78 is 5.73. The second-order valence-corrected chi connectivity index (χ2v) is 5.16. The Balaban J connectivity index is 1.91. The monoisotopic (exact) mass is 243 g/mol. The molecule has 0 aromatic rings. The normalized spacial score (nSPS) is 19.4. The predicted molar refractivity (Wildman–Crippen MR) is 71.2 cm³/mol. The summed E-state index contributed by atoms with van der Waals surface area (Å²) in [6, 6.07) is 0. The van der Waals surface area contributed by atoms with Gasteiger partial charge in [0.05, 0.1) is 18.8 Å². The standard InChI is InChI=1S/C14H29NO2/c1-2-3-7-10-15-11-13(16)12-17-14-8-5-4-6-9-14/h13-16H,2-12H2,1H3. The van der Waals surface area contributed by atoms with Gasteiger partial charge in [-0.1, -0.05) is 39.0 Å². The van der Waals surface area contributed by atoms with Gasteiger partial charge in [-0.15, -0.1) is 0 Å². The molecule has 0 aromatic carbocycles. The van der Waals surface area contributed by atoms with E-state index in [0.29, 0.717) is 19.3 Å². The third-order valence-corrected chi connectivity index (χ3v) is 3.41. The van der Waals surface area contributed by atoms with Crippen LogP contribution in [0.5, 0.6) is 0 Å². The Morgan fingerprint density at radius 1 is 1.24 bits per heavy atom. The zero-order valence-corrected chi connectivity index (χ0v) is 11.3. The average Bonchev–Trinajstić information content (AvgIpc) is 2.37. The topological polar surface area (TPSA) is 41.5 Å². The van der Waals surface area contributed by atoms with Gasteiger partial charge in [0.1, 0.15) is 0 Å². The van der Waals surface area contributed by atoms with E-state index in [9.17, 15) is 5.11 Å². The number of rotatable bonds is 9. The van der Waals surface area contributed by atoms with Crippen LogP contribution in [0.4, 0.5) is 0 Å². The van der Waals surface area contributed by atoms with Crippen LogP contribution in [0.1, 0.15) is 58.3 Å². The molecule has 0 radical (unpaired) electrons. The zero-order valence-electron chi connectivity index (χ0n) is 11.3. The van der Waals surface area contributed by atoms with Crippen molar-refractivity contribution in [3.8, 4) is 0 Å². The van der Waals surface area contributed by atoms with Crippen LogP contribution in [-0.2, 0) is 4.74 Å². The Labute approximate surface area is 106 Å². The van der Waals surface area contributed by atoms with Gasteiger partial charge in [-0.05, 0) is 25.8 Å². The second-order valence-electron chi connectivity index (χ2n) is 5.16. The molecule has 0 aromatic heterocycles. The molecule has 3 nitrogen and oxygen atoms in total. The largest absolute Gasteiger partial charge is 0.389 e. The van der Waals surface area contributed by atoms with E-state index in [0.717, 1.165) is 6.54 Å². The first kappa shape index (κ1) is 14.9. The molecular weight excluding hydrogens is 214 g/mol. The quantitative estimate of drug-likeness (QED) is 0.611. The molecule has 17 heavy (non-hydrogen) atoms. The van der Waals surface area contributed by atoms with E-state index in [2.05, 4.69) is 12.2 Å². The zero-order chi connectivity index (χ0) is 12.3. The van der Waals surface area contributed by atoms with Crippen LogP contribution in [0.15, 0.2) is 0 Å². The molecule has 0 heterocycles. The Morgan fingerprint density at radius 3 is 2.71 bits per heavy atom. The number of hydrogen-bond acceptors (Lipinski definition) is 3. The van der Waals surface area contributed by atoms with Crippen molar-refractivity contribution in [3.63, 3.8) is 0 Å². The molecule has 1 unspecified atom stereocenters. The molecule has 1 rings (SSSR count). The molecule has 1 aliphatic rings. The van der Waals surface area contributed by atoms with E-state index in [-0.39, 0.29) is 6.10 Å². The maximum atomic E-state index is 9.75. The molecule has 0 amide bonds. The molecule has 1 atom stereocenters. The van der Waals surface area contributed by atoms with E-state index in [1.807, 2.05) is 0 Å². The van der Waals surface area contributed by atoms with Crippen molar-refractivity contribution >= 4 is 0 Å². The lowest BCUT2D eigenvalue weighted by molar-refractivity contribution is -0.0229. The first-order valence-electron chi connectivity index (χ1n) is 7.33. The highest BCUT2D eigenvalue weighted by atomic mass is 16.5. The first-order chi connectivity index (χ1) is 8.33. The Bertz CT molecular complexity index is 170. The van der Waals surface area contributed by atoms with Gasteiger partial charge in [-0.3, -0.25) is 0 Å². The van der Waals surface area contributed by atoms with Gasteiger partial charge in [-0.2, -0.15) is 0 Å². The molecule has 2 N–H and O–H groups in total. The van der Waals surface area contributed by atoms with Gasteiger partial charge in [-0.25, -0.2) is 0 Å². The van der Waals surface area contributed by atoms with Crippen molar-refractivity contribution in [1.82, 2.24) is 5.32 Å². The van der Waals surface area contributed by atoms with Crippen molar-refractivity contribution in [1.29, 1.82) is 0 Å². The van der Waals surface area contributed by atoms with Crippen LogP contribution in [0.3, 0.4) is 0 Å². The van der Waals surface area contributed by atoms with Gasteiger partial charge < -0.3 is 15.2 Å². The third kappa shape index (κ3) is 7.74. The van der Waals surface area contributed by atoms with Gasteiger partial charge >= 0.3 is 0 Å².